The zero-order valence-electron chi connectivity index (χ0n) is 8.88. The van der Waals surface area contributed by atoms with E-state index in [-0.39, 0.29) is 0 Å². The van der Waals surface area contributed by atoms with Crippen molar-refractivity contribution >= 4 is 12.3 Å². The number of hydrogen-bond donors (Lipinski definition) is 0. The number of allylic oxidation sites excluding steroid dienone is 5. The van der Waals surface area contributed by atoms with E-state index in [1.165, 1.54) is 5.56 Å². The maximum Gasteiger partial charge on any atom is 0.0277 e. The molecule has 0 saturated carbocycles. The topological polar surface area (TPSA) is 12.4 Å². The van der Waals surface area contributed by atoms with Gasteiger partial charge in [0.2, 0.25) is 0 Å². The molecule has 0 bridgehead atoms. The average Bonchev–Trinajstić information content (AvgIpc) is 2.29. The Bertz CT molecular complexity index is 370. The van der Waals surface area contributed by atoms with Crippen molar-refractivity contribution in [2.75, 3.05) is 7.05 Å². The van der Waals surface area contributed by atoms with Gasteiger partial charge in [0, 0.05) is 13.3 Å². The van der Waals surface area contributed by atoms with E-state index in [0.717, 1.165) is 0 Å². The summed E-state index contributed by atoms with van der Waals surface area (Å²) in [5, 5.41) is 0. The fraction of sp³-hybridized carbons (Fsp3) is 0.0714. The van der Waals surface area contributed by atoms with Gasteiger partial charge in [-0.3, -0.25) is 4.99 Å². The van der Waals surface area contributed by atoms with E-state index in [9.17, 15) is 0 Å². The van der Waals surface area contributed by atoms with Crippen LogP contribution in [-0.2, 0) is 0 Å². The van der Waals surface area contributed by atoms with E-state index in [2.05, 4.69) is 23.2 Å². The second-order valence-corrected chi connectivity index (χ2v) is 2.95. The van der Waals surface area contributed by atoms with Crippen LogP contribution in [-0.4, -0.2) is 13.3 Å². The van der Waals surface area contributed by atoms with Crippen LogP contribution in [0.2, 0.25) is 0 Å². The molecule has 0 aliphatic heterocycles. The molecule has 1 rings (SSSR count). The second-order valence-electron chi connectivity index (χ2n) is 2.95. The molecule has 0 N–H and O–H groups in total. The van der Waals surface area contributed by atoms with Crippen molar-refractivity contribution in [3.63, 3.8) is 0 Å². The lowest BCUT2D eigenvalue weighted by molar-refractivity contribution is 1.48. The highest BCUT2D eigenvalue weighted by atomic mass is 14.6. The maximum absolute atomic E-state index is 3.84. The molecule has 0 aliphatic rings. The molecule has 0 unspecified atom stereocenters. The zero-order valence-corrected chi connectivity index (χ0v) is 8.88. The SMILES string of the molecule is CN=C\C=C/C=C\C=C\c1ccccc1. The lowest BCUT2D eigenvalue weighted by Crippen LogP contribution is -1.66. The van der Waals surface area contributed by atoms with E-state index in [1.54, 1.807) is 13.3 Å². The predicted molar refractivity (Wildman–Crippen MR) is 68.2 cm³/mol. The minimum absolute atomic E-state index is 1.21. The predicted octanol–water partition coefficient (Wildman–Crippen LogP) is 3.51. The molecule has 15 heavy (non-hydrogen) atoms. The van der Waals surface area contributed by atoms with Gasteiger partial charge in [-0.2, -0.15) is 0 Å². The standard InChI is InChI=1S/C14H15N/c1-15-13-9-4-2-3-6-10-14-11-7-5-8-12-14/h2-13H,1H3/b3-2-,9-4-,10-6+,15-13?. The summed E-state index contributed by atoms with van der Waals surface area (Å²) in [5.74, 6) is 0. The van der Waals surface area contributed by atoms with Gasteiger partial charge in [0.05, 0.1) is 0 Å². The fourth-order valence-corrected chi connectivity index (χ4v) is 1.06. The van der Waals surface area contributed by atoms with E-state index < -0.39 is 0 Å². The van der Waals surface area contributed by atoms with Crippen molar-refractivity contribution in [3.05, 3.63) is 66.3 Å². The number of hydrogen-bond acceptors (Lipinski definition) is 1. The number of benzene rings is 1. The maximum atomic E-state index is 3.84. The Kier molecular flexibility index (Phi) is 5.60. The highest BCUT2D eigenvalue weighted by Crippen LogP contribution is 2.00. The van der Waals surface area contributed by atoms with Crippen LogP contribution in [0.5, 0.6) is 0 Å². The molecule has 0 heterocycles. The summed E-state index contributed by atoms with van der Waals surface area (Å²) < 4.78 is 0. The fourth-order valence-electron chi connectivity index (χ4n) is 1.06. The van der Waals surface area contributed by atoms with Gasteiger partial charge in [0.25, 0.3) is 0 Å². The third-order valence-corrected chi connectivity index (χ3v) is 1.77. The van der Waals surface area contributed by atoms with Crippen LogP contribution in [0.3, 0.4) is 0 Å². The molecule has 1 aromatic rings. The molecule has 0 aliphatic carbocycles. The van der Waals surface area contributed by atoms with Gasteiger partial charge < -0.3 is 0 Å². The highest BCUT2D eigenvalue weighted by molar-refractivity contribution is 5.71. The van der Waals surface area contributed by atoms with Crippen LogP contribution >= 0.6 is 0 Å². The van der Waals surface area contributed by atoms with Crippen molar-refractivity contribution in [1.29, 1.82) is 0 Å². The molecule has 1 nitrogen and oxygen atoms in total. The summed E-state index contributed by atoms with van der Waals surface area (Å²) in [6.45, 7) is 0. The molecule has 0 fully saturated rings. The van der Waals surface area contributed by atoms with E-state index >= 15 is 0 Å². The summed E-state index contributed by atoms with van der Waals surface area (Å²) in [7, 11) is 1.75. The van der Waals surface area contributed by atoms with Crippen molar-refractivity contribution in [3.8, 4) is 0 Å². The third-order valence-electron chi connectivity index (χ3n) is 1.77. The monoisotopic (exact) mass is 197 g/mol. The summed E-state index contributed by atoms with van der Waals surface area (Å²) in [6, 6.07) is 10.2. The van der Waals surface area contributed by atoms with Gasteiger partial charge in [-0.05, 0) is 11.6 Å². The molecule has 0 saturated heterocycles. The molecule has 0 amide bonds. The highest BCUT2D eigenvalue weighted by Gasteiger charge is 1.78. The lowest BCUT2D eigenvalue weighted by atomic mass is 10.2. The second kappa shape index (κ2) is 7.51. The first-order valence-corrected chi connectivity index (χ1v) is 4.90. The molecule has 1 heteroatoms. The van der Waals surface area contributed by atoms with E-state index in [4.69, 9.17) is 0 Å². The Morgan fingerprint density at radius 1 is 0.867 bits per heavy atom. The molecule has 0 atom stereocenters. The van der Waals surface area contributed by atoms with Crippen molar-refractivity contribution in [2.24, 2.45) is 4.99 Å². The Balaban J connectivity index is 2.40. The molecular formula is C14H15N. The molecule has 0 radical (unpaired) electrons. The minimum atomic E-state index is 1.21. The van der Waals surface area contributed by atoms with Gasteiger partial charge in [-0.25, -0.2) is 0 Å². The number of nitrogens with zero attached hydrogens (tertiary/aromatic N) is 1. The Hall–Kier alpha value is -1.89. The largest absolute Gasteiger partial charge is 0.297 e. The van der Waals surface area contributed by atoms with E-state index in [1.807, 2.05) is 48.6 Å². The van der Waals surface area contributed by atoms with Gasteiger partial charge in [0.1, 0.15) is 0 Å². The van der Waals surface area contributed by atoms with Gasteiger partial charge in [0.15, 0.2) is 0 Å². The lowest BCUT2D eigenvalue weighted by Gasteiger charge is -1.87. The first-order valence-electron chi connectivity index (χ1n) is 4.90. The summed E-state index contributed by atoms with van der Waals surface area (Å²) in [6.07, 6.45) is 13.6. The first-order chi connectivity index (χ1) is 7.43. The molecule has 0 spiro atoms. The first kappa shape index (κ1) is 11.2. The quantitative estimate of drug-likeness (QED) is 0.517. The van der Waals surface area contributed by atoms with E-state index in [0.29, 0.717) is 0 Å². The van der Waals surface area contributed by atoms with Crippen LogP contribution in [0.1, 0.15) is 5.56 Å². The Morgan fingerprint density at radius 3 is 2.27 bits per heavy atom. The number of rotatable bonds is 4. The average molecular weight is 197 g/mol. The van der Waals surface area contributed by atoms with Crippen LogP contribution in [0.15, 0.2) is 65.7 Å². The molecular weight excluding hydrogens is 182 g/mol. The van der Waals surface area contributed by atoms with Gasteiger partial charge in [-0.15, -0.1) is 0 Å². The van der Waals surface area contributed by atoms with Crippen LogP contribution in [0, 0.1) is 0 Å². The van der Waals surface area contributed by atoms with Crippen LogP contribution in [0.25, 0.3) is 6.08 Å². The number of aliphatic imine (C=N–C) groups is 1. The summed E-state index contributed by atoms with van der Waals surface area (Å²) >= 11 is 0. The van der Waals surface area contributed by atoms with Crippen LogP contribution in [0.4, 0.5) is 0 Å². The minimum Gasteiger partial charge on any atom is -0.297 e. The van der Waals surface area contributed by atoms with Crippen molar-refractivity contribution in [1.82, 2.24) is 0 Å². The summed E-state index contributed by atoms with van der Waals surface area (Å²) in [4.78, 5) is 3.84. The Morgan fingerprint density at radius 2 is 1.53 bits per heavy atom. The molecule has 76 valence electrons. The van der Waals surface area contributed by atoms with Crippen LogP contribution < -0.4 is 0 Å². The van der Waals surface area contributed by atoms with Crippen molar-refractivity contribution < 1.29 is 0 Å². The zero-order chi connectivity index (χ0) is 10.8. The smallest absolute Gasteiger partial charge is 0.0277 e. The Labute approximate surface area is 91.2 Å². The molecule has 0 aromatic heterocycles. The summed E-state index contributed by atoms with van der Waals surface area (Å²) in [5.41, 5.74) is 1.21. The third kappa shape index (κ3) is 5.42. The normalized spacial score (nSPS) is 12.6. The van der Waals surface area contributed by atoms with Crippen molar-refractivity contribution in [2.45, 2.75) is 0 Å². The molecule has 1 aromatic carbocycles. The van der Waals surface area contributed by atoms with Gasteiger partial charge in [-0.1, -0.05) is 60.7 Å². The van der Waals surface area contributed by atoms with Gasteiger partial charge >= 0.3 is 0 Å².